The molecule has 2 rings (SSSR count). The summed E-state index contributed by atoms with van der Waals surface area (Å²) < 4.78 is 0. The lowest BCUT2D eigenvalue weighted by molar-refractivity contribution is -0.143. The maximum atomic E-state index is 11.2. The first-order valence-electron chi connectivity index (χ1n) is 6.37. The van der Waals surface area contributed by atoms with E-state index in [0.29, 0.717) is 5.82 Å². The van der Waals surface area contributed by atoms with Gasteiger partial charge in [0.1, 0.15) is 5.82 Å². The number of aliphatic carboxylic acids is 1. The van der Waals surface area contributed by atoms with E-state index in [-0.39, 0.29) is 12.0 Å². The minimum atomic E-state index is -0.717. The van der Waals surface area contributed by atoms with Gasteiger partial charge in [0.05, 0.1) is 17.3 Å². The average Bonchev–Trinajstić information content (AvgIpc) is 2.34. The number of rotatable bonds is 3. The van der Waals surface area contributed by atoms with Crippen molar-refractivity contribution in [3.63, 3.8) is 0 Å². The van der Waals surface area contributed by atoms with E-state index in [2.05, 4.69) is 15.3 Å². The molecule has 1 aromatic rings. The summed E-state index contributed by atoms with van der Waals surface area (Å²) in [4.78, 5) is 19.9. The van der Waals surface area contributed by atoms with Crippen LogP contribution in [0.2, 0.25) is 0 Å². The number of aryl methyl sites for hydroxylation is 2. The van der Waals surface area contributed by atoms with Crippen molar-refractivity contribution in [1.29, 1.82) is 0 Å². The summed E-state index contributed by atoms with van der Waals surface area (Å²) in [5.74, 6) is -0.320. The van der Waals surface area contributed by atoms with E-state index < -0.39 is 5.97 Å². The largest absolute Gasteiger partial charge is 0.481 e. The third kappa shape index (κ3) is 2.78. The molecule has 0 spiro atoms. The van der Waals surface area contributed by atoms with Crippen LogP contribution in [0.15, 0.2) is 6.20 Å². The number of nitrogens with one attached hydrogen (secondary N) is 1. The number of carboxylic acid groups (broad SMARTS) is 1. The maximum Gasteiger partial charge on any atom is 0.308 e. The average molecular weight is 249 g/mol. The lowest BCUT2D eigenvalue weighted by Gasteiger charge is -2.30. The Labute approximate surface area is 107 Å². The molecule has 0 aliphatic heterocycles. The van der Waals surface area contributed by atoms with Crippen LogP contribution in [0.3, 0.4) is 0 Å². The first-order valence-corrected chi connectivity index (χ1v) is 6.37. The van der Waals surface area contributed by atoms with E-state index in [1.807, 2.05) is 13.8 Å². The molecule has 98 valence electrons. The highest BCUT2D eigenvalue weighted by atomic mass is 16.4. The van der Waals surface area contributed by atoms with E-state index in [1.165, 1.54) is 0 Å². The third-order valence-corrected chi connectivity index (χ3v) is 3.48. The van der Waals surface area contributed by atoms with Crippen LogP contribution in [0, 0.1) is 19.8 Å². The molecule has 1 aliphatic carbocycles. The van der Waals surface area contributed by atoms with Crippen LogP contribution in [0.5, 0.6) is 0 Å². The monoisotopic (exact) mass is 249 g/mol. The summed E-state index contributed by atoms with van der Waals surface area (Å²) in [6.45, 7) is 3.76. The van der Waals surface area contributed by atoms with Crippen molar-refractivity contribution >= 4 is 11.8 Å². The van der Waals surface area contributed by atoms with Gasteiger partial charge >= 0.3 is 5.97 Å². The van der Waals surface area contributed by atoms with Gasteiger partial charge in [-0.05, 0) is 26.7 Å². The fraction of sp³-hybridized carbons (Fsp3) is 0.615. The predicted octanol–water partition coefficient (Wildman–Crippen LogP) is 2.15. The van der Waals surface area contributed by atoms with Crippen molar-refractivity contribution in [2.24, 2.45) is 5.92 Å². The molecular weight excluding hydrogens is 230 g/mol. The van der Waals surface area contributed by atoms with Gasteiger partial charge in [0, 0.05) is 12.2 Å². The third-order valence-electron chi connectivity index (χ3n) is 3.48. The smallest absolute Gasteiger partial charge is 0.308 e. The fourth-order valence-corrected chi connectivity index (χ4v) is 2.45. The van der Waals surface area contributed by atoms with Gasteiger partial charge in [-0.1, -0.05) is 12.8 Å². The summed E-state index contributed by atoms with van der Waals surface area (Å²) in [7, 11) is 0. The Kier molecular flexibility index (Phi) is 3.79. The van der Waals surface area contributed by atoms with Crippen LogP contribution in [0.1, 0.15) is 37.1 Å². The molecule has 5 nitrogen and oxygen atoms in total. The molecule has 0 amide bonds. The van der Waals surface area contributed by atoms with Gasteiger partial charge < -0.3 is 10.4 Å². The predicted molar refractivity (Wildman–Crippen MR) is 68.5 cm³/mol. The number of carboxylic acids is 1. The number of hydrogen-bond donors (Lipinski definition) is 2. The van der Waals surface area contributed by atoms with Crippen molar-refractivity contribution in [2.75, 3.05) is 5.32 Å². The maximum absolute atomic E-state index is 11.2. The Morgan fingerprint density at radius 1 is 1.39 bits per heavy atom. The Morgan fingerprint density at radius 2 is 2.11 bits per heavy atom. The zero-order valence-electron chi connectivity index (χ0n) is 10.8. The molecular formula is C13H19N3O2. The quantitative estimate of drug-likeness (QED) is 0.858. The highest BCUT2D eigenvalue weighted by Crippen LogP contribution is 2.27. The molecule has 0 bridgehead atoms. The zero-order chi connectivity index (χ0) is 13.1. The second-order valence-electron chi connectivity index (χ2n) is 4.93. The summed E-state index contributed by atoms with van der Waals surface area (Å²) in [6, 6.07) is -0.0361. The first kappa shape index (κ1) is 12.8. The van der Waals surface area contributed by atoms with Gasteiger partial charge in [0.25, 0.3) is 0 Å². The number of aromatic nitrogens is 2. The highest BCUT2D eigenvalue weighted by molar-refractivity contribution is 5.71. The van der Waals surface area contributed by atoms with Gasteiger partial charge in [0.2, 0.25) is 0 Å². The summed E-state index contributed by atoms with van der Waals surface area (Å²) >= 11 is 0. The summed E-state index contributed by atoms with van der Waals surface area (Å²) in [5.41, 5.74) is 1.65. The normalized spacial score (nSPS) is 23.7. The molecule has 1 aromatic heterocycles. The van der Waals surface area contributed by atoms with Gasteiger partial charge in [-0.25, -0.2) is 4.98 Å². The molecule has 18 heavy (non-hydrogen) atoms. The zero-order valence-corrected chi connectivity index (χ0v) is 10.8. The standard InChI is InChI=1S/C13H19N3O2/c1-8-7-14-9(2)12(15-8)16-11-6-4-3-5-10(11)13(17)18/h7,10-11H,3-6H2,1-2H3,(H,15,16)(H,17,18). The molecule has 2 atom stereocenters. The Hall–Kier alpha value is -1.65. The number of hydrogen-bond acceptors (Lipinski definition) is 4. The molecule has 0 aromatic carbocycles. The van der Waals surface area contributed by atoms with E-state index in [9.17, 15) is 9.90 Å². The van der Waals surface area contributed by atoms with E-state index >= 15 is 0 Å². The van der Waals surface area contributed by atoms with Crippen LogP contribution in [-0.4, -0.2) is 27.1 Å². The van der Waals surface area contributed by atoms with Crippen LogP contribution < -0.4 is 5.32 Å². The van der Waals surface area contributed by atoms with Crippen molar-refractivity contribution in [2.45, 2.75) is 45.6 Å². The molecule has 0 saturated heterocycles. The summed E-state index contributed by atoms with van der Waals surface area (Å²) in [5, 5.41) is 12.5. The molecule has 1 fully saturated rings. The van der Waals surface area contributed by atoms with Crippen molar-refractivity contribution < 1.29 is 9.90 Å². The molecule has 0 radical (unpaired) electrons. The van der Waals surface area contributed by atoms with E-state index in [0.717, 1.165) is 37.1 Å². The Balaban J connectivity index is 2.15. The molecule has 2 N–H and O–H groups in total. The summed E-state index contributed by atoms with van der Waals surface area (Å²) in [6.07, 6.45) is 5.40. The lowest BCUT2D eigenvalue weighted by atomic mass is 9.84. The molecule has 2 unspecified atom stereocenters. The molecule has 1 aliphatic rings. The molecule has 1 saturated carbocycles. The minimum absolute atomic E-state index is 0.0361. The number of anilines is 1. The van der Waals surface area contributed by atoms with Crippen LogP contribution >= 0.6 is 0 Å². The van der Waals surface area contributed by atoms with Gasteiger partial charge in [-0.2, -0.15) is 0 Å². The minimum Gasteiger partial charge on any atom is -0.481 e. The van der Waals surface area contributed by atoms with Crippen LogP contribution in [0.25, 0.3) is 0 Å². The van der Waals surface area contributed by atoms with Gasteiger partial charge in [-0.3, -0.25) is 9.78 Å². The van der Waals surface area contributed by atoms with Crippen molar-refractivity contribution in [1.82, 2.24) is 9.97 Å². The van der Waals surface area contributed by atoms with Gasteiger partial charge in [-0.15, -0.1) is 0 Å². The Bertz CT molecular complexity index is 448. The van der Waals surface area contributed by atoms with Crippen LogP contribution in [0.4, 0.5) is 5.82 Å². The second-order valence-corrected chi connectivity index (χ2v) is 4.93. The first-order chi connectivity index (χ1) is 8.58. The van der Waals surface area contributed by atoms with Gasteiger partial charge in [0.15, 0.2) is 0 Å². The number of carbonyl (C=O) groups is 1. The van der Waals surface area contributed by atoms with E-state index in [1.54, 1.807) is 6.20 Å². The highest BCUT2D eigenvalue weighted by Gasteiger charge is 2.31. The second kappa shape index (κ2) is 5.33. The number of nitrogens with zero attached hydrogens (tertiary/aromatic N) is 2. The van der Waals surface area contributed by atoms with Crippen molar-refractivity contribution in [3.8, 4) is 0 Å². The molecule has 5 heteroatoms. The topological polar surface area (TPSA) is 75.1 Å². The SMILES string of the molecule is Cc1cnc(C)c(NC2CCCCC2C(=O)O)n1. The van der Waals surface area contributed by atoms with E-state index in [4.69, 9.17) is 0 Å². The fourth-order valence-electron chi connectivity index (χ4n) is 2.45. The van der Waals surface area contributed by atoms with Crippen LogP contribution in [-0.2, 0) is 4.79 Å². The lowest BCUT2D eigenvalue weighted by Crippen LogP contribution is -2.37. The van der Waals surface area contributed by atoms with Crippen molar-refractivity contribution in [3.05, 3.63) is 17.6 Å². The Morgan fingerprint density at radius 3 is 2.83 bits per heavy atom. The molecule has 1 heterocycles.